The van der Waals surface area contributed by atoms with E-state index in [9.17, 15) is 0 Å². The first-order chi connectivity index (χ1) is 10.3. The quantitative estimate of drug-likeness (QED) is 0.699. The lowest BCUT2D eigenvalue weighted by molar-refractivity contribution is 0.0509. The molecule has 0 aliphatic carbocycles. The van der Waals surface area contributed by atoms with Crippen LogP contribution in [0.4, 0.5) is 0 Å². The van der Waals surface area contributed by atoms with E-state index in [-0.39, 0.29) is 13.6 Å². The van der Waals surface area contributed by atoms with Crippen molar-refractivity contribution in [2.75, 3.05) is 27.8 Å². The van der Waals surface area contributed by atoms with Gasteiger partial charge >= 0.3 is 0 Å². The molecule has 2 rings (SSSR count). The zero-order valence-electron chi connectivity index (χ0n) is 12.4. The van der Waals surface area contributed by atoms with Crippen molar-refractivity contribution in [1.29, 1.82) is 0 Å². The molecule has 2 aromatic rings. The van der Waals surface area contributed by atoms with Crippen molar-refractivity contribution in [2.45, 2.75) is 6.42 Å². The molecule has 0 unspecified atom stereocenters. The lowest BCUT2D eigenvalue weighted by Gasteiger charge is -2.07. The van der Waals surface area contributed by atoms with Gasteiger partial charge in [-0.3, -0.25) is 0 Å². The molecule has 0 heterocycles. The van der Waals surface area contributed by atoms with E-state index in [4.69, 9.17) is 18.9 Å². The van der Waals surface area contributed by atoms with Crippen molar-refractivity contribution in [3.05, 3.63) is 59.7 Å². The van der Waals surface area contributed by atoms with Gasteiger partial charge in [0.2, 0.25) is 0 Å². The summed E-state index contributed by atoms with van der Waals surface area (Å²) in [7, 11) is 3.21. The van der Waals surface area contributed by atoms with Crippen LogP contribution in [0.5, 0.6) is 11.5 Å². The summed E-state index contributed by atoms with van der Waals surface area (Å²) in [5, 5.41) is 0. The number of methoxy groups -OCH3 is 2. The van der Waals surface area contributed by atoms with Crippen LogP contribution >= 0.6 is 0 Å². The van der Waals surface area contributed by atoms with Gasteiger partial charge in [-0.2, -0.15) is 0 Å². The fourth-order valence-corrected chi connectivity index (χ4v) is 1.90. The molecule has 0 atom stereocenters. The van der Waals surface area contributed by atoms with E-state index >= 15 is 0 Å². The van der Waals surface area contributed by atoms with Gasteiger partial charge in [0.1, 0.15) is 11.5 Å². The van der Waals surface area contributed by atoms with Gasteiger partial charge in [0, 0.05) is 14.2 Å². The Hall–Kier alpha value is -2.04. The van der Waals surface area contributed by atoms with Crippen molar-refractivity contribution in [3.63, 3.8) is 0 Å². The van der Waals surface area contributed by atoms with Crippen LogP contribution < -0.4 is 9.47 Å². The minimum Gasteiger partial charge on any atom is -0.468 e. The average molecular weight is 288 g/mol. The number of ether oxygens (including phenoxy) is 4. The Bertz CT molecular complexity index is 470. The Balaban J connectivity index is 1.91. The van der Waals surface area contributed by atoms with Crippen LogP contribution in [0, 0.1) is 0 Å². The van der Waals surface area contributed by atoms with Gasteiger partial charge in [0.15, 0.2) is 13.6 Å². The van der Waals surface area contributed by atoms with Crippen LogP contribution in [0.1, 0.15) is 11.1 Å². The van der Waals surface area contributed by atoms with Gasteiger partial charge in [-0.25, -0.2) is 0 Å². The molecule has 4 heteroatoms. The second-order valence-electron chi connectivity index (χ2n) is 4.57. The van der Waals surface area contributed by atoms with Crippen LogP contribution in [-0.4, -0.2) is 27.8 Å². The molecule has 0 spiro atoms. The highest BCUT2D eigenvalue weighted by Crippen LogP contribution is 2.17. The average Bonchev–Trinajstić information content (AvgIpc) is 2.53. The van der Waals surface area contributed by atoms with Crippen molar-refractivity contribution >= 4 is 0 Å². The molecule has 0 amide bonds. The van der Waals surface area contributed by atoms with Crippen LogP contribution in [-0.2, 0) is 15.9 Å². The Morgan fingerprint density at radius 3 is 1.33 bits per heavy atom. The summed E-state index contributed by atoms with van der Waals surface area (Å²) < 4.78 is 20.5. The first-order valence-corrected chi connectivity index (χ1v) is 6.73. The second-order valence-corrected chi connectivity index (χ2v) is 4.57. The van der Waals surface area contributed by atoms with E-state index in [1.165, 1.54) is 11.1 Å². The molecule has 2 aromatic carbocycles. The monoisotopic (exact) mass is 288 g/mol. The molecule has 0 fully saturated rings. The molecule has 4 nitrogen and oxygen atoms in total. The molecular formula is C17H20O4. The molecule has 0 radical (unpaired) electrons. The maximum absolute atomic E-state index is 5.36. The molecule has 0 aliphatic rings. The third kappa shape index (κ3) is 5.10. The fourth-order valence-electron chi connectivity index (χ4n) is 1.90. The Kier molecular flexibility index (Phi) is 6.06. The van der Waals surface area contributed by atoms with Gasteiger partial charge in [0.05, 0.1) is 0 Å². The molecule has 0 saturated carbocycles. The Labute approximate surface area is 125 Å². The largest absolute Gasteiger partial charge is 0.468 e. The van der Waals surface area contributed by atoms with Crippen molar-refractivity contribution < 1.29 is 18.9 Å². The zero-order valence-corrected chi connectivity index (χ0v) is 12.4. The van der Waals surface area contributed by atoms with Crippen molar-refractivity contribution in [2.24, 2.45) is 0 Å². The maximum atomic E-state index is 5.36. The van der Waals surface area contributed by atoms with Gasteiger partial charge in [0.25, 0.3) is 0 Å². The maximum Gasteiger partial charge on any atom is 0.188 e. The predicted octanol–water partition coefficient (Wildman–Crippen LogP) is 3.24. The third-order valence-electron chi connectivity index (χ3n) is 2.94. The highest BCUT2D eigenvalue weighted by atomic mass is 16.7. The molecule has 0 aromatic heterocycles. The SMILES string of the molecule is COCOc1ccc(Cc2ccc(OCOC)cc2)cc1. The van der Waals surface area contributed by atoms with Crippen molar-refractivity contribution in [1.82, 2.24) is 0 Å². The van der Waals surface area contributed by atoms with E-state index in [1.807, 2.05) is 24.3 Å². The van der Waals surface area contributed by atoms with E-state index in [2.05, 4.69) is 24.3 Å². The highest BCUT2D eigenvalue weighted by Gasteiger charge is 1.99. The van der Waals surface area contributed by atoms with Gasteiger partial charge in [-0.15, -0.1) is 0 Å². The minimum absolute atomic E-state index is 0.266. The lowest BCUT2D eigenvalue weighted by atomic mass is 10.0. The first-order valence-electron chi connectivity index (χ1n) is 6.73. The summed E-state index contributed by atoms with van der Waals surface area (Å²) in [6.45, 7) is 0.532. The molecule has 0 saturated heterocycles. The number of rotatable bonds is 8. The molecule has 0 N–H and O–H groups in total. The molecular weight excluding hydrogens is 268 g/mol. The summed E-state index contributed by atoms with van der Waals surface area (Å²) in [6.07, 6.45) is 0.870. The lowest BCUT2D eigenvalue weighted by Crippen LogP contribution is -1.99. The summed E-state index contributed by atoms with van der Waals surface area (Å²) in [6, 6.07) is 16.0. The second kappa shape index (κ2) is 8.29. The summed E-state index contributed by atoms with van der Waals surface area (Å²) in [4.78, 5) is 0. The number of hydrogen-bond donors (Lipinski definition) is 0. The first kappa shape index (κ1) is 15.4. The zero-order chi connectivity index (χ0) is 14.9. The van der Waals surface area contributed by atoms with E-state index in [0.717, 1.165) is 17.9 Å². The summed E-state index contributed by atoms with van der Waals surface area (Å²) in [5.41, 5.74) is 2.45. The summed E-state index contributed by atoms with van der Waals surface area (Å²) >= 11 is 0. The molecule has 21 heavy (non-hydrogen) atoms. The molecule has 0 aliphatic heterocycles. The number of benzene rings is 2. The van der Waals surface area contributed by atoms with Crippen LogP contribution in [0.2, 0.25) is 0 Å². The minimum atomic E-state index is 0.266. The van der Waals surface area contributed by atoms with Gasteiger partial charge < -0.3 is 18.9 Å². The van der Waals surface area contributed by atoms with E-state index < -0.39 is 0 Å². The van der Waals surface area contributed by atoms with E-state index in [0.29, 0.717) is 0 Å². The van der Waals surface area contributed by atoms with E-state index in [1.54, 1.807) is 14.2 Å². The van der Waals surface area contributed by atoms with Crippen molar-refractivity contribution in [3.8, 4) is 11.5 Å². The standard InChI is InChI=1S/C17H20O4/c1-18-12-20-16-7-3-14(4-8-16)11-15-5-9-17(10-6-15)21-13-19-2/h3-10H,11-13H2,1-2H3. The highest BCUT2D eigenvalue weighted by molar-refractivity contribution is 5.33. The topological polar surface area (TPSA) is 36.9 Å². The number of hydrogen-bond acceptors (Lipinski definition) is 4. The molecule has 0 bridgehead atoms. The Morgan fingerprint density at radius 1 is 0.619 bits per heavy atom. The fraction of sp³-hybridized carbons (Fsp3) is 0.294. The normalized spacial score (nSPS) is 10.4. The predicted molar refractivity (Wildman–Crippen MR) is 80.7 cm³/mol. The van der Waals surface area contributed by atoms with Crippen LogP contribution in [0.3, 0.4) is 0 Å². The smallest absolute Gasteiger partial charge is 0.188 e. The third-order valence-corrected chi connectivity index (χ3v) is 2.94. The Morgan fingerprint density at radius 2 is 1.00 bits per heavy atom. The van der Waals surface area contributed by atoms with Gasteiger partial charge in [-0.05, 0) is 41.8 Å². The van der Waals surface area contributed by atoms with Crippen LogP contribution in [0.25, 0.3) is 0 Å². The van der Waals surface area contributed by atoms with Gasteiger partial charge in [-0.1, -0.05) is 24.3 Å². The van der Waals surface area contributed by atoms with Crippen LogP contribution in [0.15, 0.2) is 48.5 Å². The summed E-state index contributed by atoms with van der Waals surface area (Å²) in [5.74, 6) is 1.62. The molecule has 112 valence electrons.